The van der Waals surface area contributed by atoms with Crippen LogP contribution in [0.4, 0.5) is 15.9 Å². The zero-order chi connectivity index (χ0) is 21.0. The number of pyridine rings is 1. The van der Waals surface area contributed by atoms with Crippen molar-refractivity contribution in [2.75, 3.05) is 23.8 Å². The highest BCUT2D eigenvalue weighted by molar-refractivity contribution is 6.08. The normalized spacial score (nSPS) is 10.7. The summed E-state index contributed by atoms with van der Waals surface area (Å²) < 4.78 is 13.8. The van der Waals surface area contributed by atoms with Gasteiger partial charge in [-0.25, -0.2) is 14.2 Å². The second-order valence-electron chi connectivity index (χ2n) is 6.77. The molecule has 1 amide bonds. The zero-order valence-corrected chi connectivity index (χ0v) is 16.3. The fourth-order valence-corrected chi connectivity index (χ4v) is 3.02. The molecule has 0 saturated carbocycles. The molecule has 150 valence electrons. The number of unbranched alkanes of at least 4 members (excludes halogenated alkanes) is 1. The van der Waals surface area contributed by atoms with Gasteiger partial charge in [-0.15, -0.1) is 0 Å². The summed E-state index contributed by atoms with van der Waals surface area (Å²) in [6, 6.07) is 12.0. The molecule has 2 aromatic carbocycles. The topological polar surface area (TPSA) is 82.5 Å². The molecule has 6 nitrogen and oxygen atoms in total. The lowest BCUT2D eigenvalue weighted by Crippen LogP contribution is -2.20. The third kappa shape index (κ3) is 4.51. The smallest absolute Gasteiger partial charge is 0.336 e. The van der Waals surface area contributed by atoms with E-state index < -0.39 is 17.7 Å². The fourth-order valence-electron chi connectivity index (χ4n) is 3.02. The van der Waals surface area contributed by atoms with Crippen molar-refractivity contribution in [3.63, 3.8) is 0 Å². The Hall–Kier alpha value is -3.48. The Labute approximate surface area is 168 Å². The lowest BCUT2D eigenvalue weighted by Gasteiger charge is -2.19. The molecular weight excluding hydrogens is 373 g/mol. The van der Waals surface area contributed by atoms with E-state index in [-0.39, 0.29) is 11.1 Å². The number of rotatable bonds is 7. The van der Waals surface area contributed by atoms with Crippen molar-refractivity contribution >= 4 is 34.3 Å². The molecule has 0 aliphatic rings. The number of benzene rings is 2. The van der Waals surface area contributed by atoms with E-state index >= 15 is 0 Å². The highest BCUT2D eigenvalue weighted by atomic mass is 19.1. The first-order valence-corrected chi connectivity index (χ1v) is 9.35. The highest BCUT2D eigenvalue weighted by Crippen LogP contribution is 2.26. The molecule has 0 radical (unpaired) electrons. The minimum Gasteiger partial charge on any atom is -0.478 e. The van der Waals surface area contributed by atoms with E-state index in [4.69, 9.17) is 0 Å². The van der Waals surface area contributed by atoms with Gasteiger partial charge < -0.3 is 15.3 Å². The number of hydrogen-bond donors (Lipinski definition) is 2. The number of hydrogen-bond acceptors (Lipinski definition) is 4. The monoisotopic (exact) mass is 395 g/mol. The molecule has 7 heteroatoms. The van der Waals surface area contributed by atoms with Gasteiger partial charge in [0.25, 0.3) is 5.91 Å². The van der Waals surface area contributed by atoms with Crippen LogP contribution in [0.1, 0.15) is 40.5 Å². The molecule has 0 bridgehead atoms. The number of carboxylic acids is 1. The van der Waals surface area contributed by atoms with E-state index in [0.29, 0.717) is 22.4 Å². The Morgan fingerprint density at radius 2 is 1.90 bits per heavy atom. The Bertz CT molecular complexity index is 1070. The summed E-state index contributed by atoms with van der Waals surface area (Å²) >= 11 is 0. The van der Waals surface area contributed by atoms with Crippen molar-refractivity contribution in [1.82, 2.24) is 4.98 Å². The number of fused-ring (bicyclic) bond motifs is 1. The van der Waals surface area contributed by atoms with Gasteiger partial charge in [0.1, 0.15) is 11.6 Å². The average Bonchev–Trinajstić information content (AvgIpc) is 2.71. The third-order valence-corrected chi connectivity index (χ3v) is 4.64. The molecule has 0 saturated heterocycles. The molecule has 1 heterocycles. The van der Waals surface area contributed by atoms with E-state index in [2.05, 4.69) is 17.2 Å². The largest absolute Gasteiger partial charge is 0.478 e. The fraction of sp³-hybridized carbons (Fsp3) is 0.227. The van der Waals surface area contributed by atoms with E-state index in [0.717, 1.165) is 19.4 Å². The van der Waals surface area contributed by atoms with Gasteiger partial charge in [0.05, 0.1) is 16.6 Å². The molecule has 0 fully saturated rings. The molecule has 29 heavy (non-hydrogen) atoms. The number of anilines is 2. The molecule has 0 spiro atoms. The van der Waals surface area contributed by atoms with E-state index in [1.807, 2.05) is 11.9 Å². The van der Waals surface area contributed by atoms with Crippen LogP contribution in [0.5, 0.6) is 0 Å². The summed E-state index contributed by atoms with van der Waals surface area (Å²) in [7, 11) is 1.87. The van der Waals surface area contributed by atoms with E-state index in [1.165, 1.54) is 24.3 Å². The van der Waals surface area contributed by atoms with Crippen molar-refractivity contribution < 1.29 is 19.1 Å². The number of carbonyl (C=O) groups is 2. The molecule has 0 atom stereocenters. The predicted molar refractivity (Wildman–Crippen MR) is 111 cm³/mol. The zero-order valence-electron chi connectivity index (χ0n) is 16.3. The molecule has 0 unspecified atom stereocenters. The third-order valence-electron chi connectivity index (χ3n) is 4.64. The maximum atomic E-state index is 13.8. The van der Waals surface area contributed by atoms with Gasteiger partial charge in [0.2, 0.25) is 0 Å². The number of aromatic carboxylic acids is 1. The van der Waals surface area contributed by atoms with Crippen LogP contribution in [0.25, 0.3) is 10.9 Å². The predicted octanol–water partition coefficient (Wildman–Crippen LogP) is 4.56. The van der Waals surface area contributed by atoms with Crippen LogP contribution in [-0.4, -0.2) is 35.6 Å². The lowest BCUT2D eigenvalue weighted by molar-refractivity contribution is 0.0698. The van der Waals surface area contributed by atoms with Crippen LogP contribution < -0.4 is 10.2 Å². The first kappa shape index (κ1) is 20.3. The molecule has 2 N–H and O–H groups in total. The quantitative estimate of drug-likeness (QED) is 0.613. The van der Waals surface area contributed by atoms with Crippen LogP contribution >= 0.6 is 0 Å². The number of amides is 1. The van der Waals surface area contributed by atoms with Crippen molar-refractivity contribution in [1.29, 1.82) is 0 Å². The van der Waals surface area contributed by atoms with Gasteiger partial charge in [0, 0.05) is 24.7 Å². The Balaban J connectivity index is 1.96. The maximum absolute atomic E-state index is 13.8. The van der Waals surface area contributed by atoms with Crippen LogP contribution in [0, 0.1) is 5.82 Å². The molecule has 0 aliphatic carbocycles. The number of aromatic nitrogens is 1. The van der Waals surface area contributed by atoms with Gasteiger partial charge in [-0.3, -0.25) is 4.79 Å². The number of halogens is 1. The molecular formula is C22H22FN3O3. The average molecular weight is 395 g/mol. The second kappa shape index (κ2) is 8.68. The summed E-state index contributed by atoms with van der Waals surface area (Å²) in [5.74, 6) is -1.74. The number of carbonyl (C=O) groups excluding carboxylic acids is 1. The second-order valence-corrected chi connectivity index (χ2v) is 6.77. The molecule has 3 aromatic rings. The Morgan fingerprint density at radius 3 is 2.59 bits per heavy atom. The summed E-state index contributed by atoms with van der Waals surface area (Å²) in [6.07, 6.45) is 1.99. The van der Waals surface area contributed by atoms with Crippen LogP contribution in [0.3, 0.4) is 0 Å². The number of nitrogens with zero attached hydrogens (tertiary/aromatic N) is 2. The van der Waals surface area contributed by atoms with Crippen molar-refractivity contribution in [3.05, 3.63) is 65.5 Å². The minimum atomic E-state index is -1.08. The Kier molecular flexibility index (Phi) is 6.07. The van der Waals surface area contributed by atoms with Gasteiger partial charge in [-0.1, -0.05) is 25.5 Å². The maximum Gasteiger partial charge on any atom is 0.336 e. The van der Waals surface area contributed by atoms with Crippen LogP contribution in [-0.2, 0) is 0 Å². The summed E-state index contributed by atoms with van der Waals surface area (Å²) in [4.78, 5) is 30.6. The van der Waals surface area contributed by atoms with Crippen molar-refractivity contribution in [2.45, 2.75) is 19.8 Å². The standard InChI is InChI=1S/C22H22FN3O3/c1-3-4-11-26(2)20-13-17(22(28)29)16-12-14(9-10-19(16)25-20)24-21(27)15-7-5-6-8-18(15)23/h5-10,12-13H,3-4,11H2,1-2H3,(H,24,27)(H,28,29). The van der Waals surface area contributed by atoms with Gasteiger partial charge in [-0.2, -0.15) is 0 Å². The van der Waals surface area contributed by atoms with E-state index in [1.54, 1.807) is 24.3 Å². The van der Waals surface area contributed by atoms with Crippen LogP contribution in [0.2, 0.25) is 0 Å². The highest BCUT2D eigenvalue weighted by Gasteiger charge is 2.16. The number of carboxylic acid groups (broad SMARTS) is 1. The van der Waals surface area contributed by atoms with Crippen LogP contribution in [0.15, 0.2) is 48.5 Å². The summed E-state index contributed by atoms with van der Waals surface area (Å²) in [5, 5.41) is 12.7. The SMILES string of the molecule is CCCCN(C)c1cc(C(=O)O)c2cc(NC(=O)c3ccccc3F)ccc2n1. The molecule has 1 aromatic heterocycles. The van der Waals surface area contributed by atoms with Gasteiger partial charge in [0.15, 0.2) is 0 Å². The minimum absolute atomic E-state index is 0.0860. The number of nitrogens with one attached hydrogen (secondary N) is 1. The van der Waals surface area contributed by atoms with Crippen molar-refractivity contribution in [2.24, 2.45) is 0 Å². The Morgan fingerprint density at radius 1 is 1.14 bits per heavy atom. The van der Waals surface area contributed by atoms with Gasteiger partial charge >= 0.3 is 5.97 Å². The van der Waals surface area contributed by atoms with E-state index in [9.17, 15) is 19.1 Å². The first-order chi connectivity index (χ1) is 13.9. The lowest BCUT2D eigenvalue weighted by atomic mass is 10.1. The molecule has 0 aliphatic heterocycles. The molecule has 3 rings (SSSR count). The van der Waals surface area contributed by atoms with Gasteiger partial charge in [-0.05, 0) is 42.8 Å². The summed E-state index contributed by atoms with van der Waals surface area (Å²) in [6.45, 7) is 2.85. The first-order valence-electron chi connectivity index (χ1n) is 9.35. The summed E-state index contributed by atoms with van der Waals surface area (Å²) in [5.41, 5.74) is 0.877. The van der Waals surface area contributed by atoms with Crippen molar-refractivity contribution in [3.8, 4) is 0 Å².